The van der Waals surface area contributed by atoms with Crippen LogP contribution < -0.4 is 0 Å². The summed E-state index contributed by atoms with van der Waals surface area (Å²) in [5.74, 6) is 1.22. The van der Waals surface area contributed by atoms with E-state index in [2.05, 4.69) is 13.8 Å². The van der Waals surface area contributed by atoms with Gasteiger partial charge in [0.05, 0.1) is 0 Å². The predicted molar refractivity (Wildman–Crippen MR) is 92.3 cm³/mol. The number of carbonyl (C=O) groups excluding carboxylic acids is 2. The third-order valence-corrected chi connectivity index (χ3v) is 8.08. The van der Waals surface area contributed by atoms with Crippen LogP contribution in [-0.2, 0) is 14.3 Å². The highest BCUT2D eigenvalue weighted by Gasteiger charge is 2.61. The van der Waals surface area contributed by atoms with Crippen molar-refractivity contribution >= 4 is 11.8 Å². The largest absolute Gasteiger partial charge is 0.462 e. The quantitative estimate of drug-likeness (QED) is 0.667. The molecule has 0 bridgehead atoms. The molecule has 3 saturated carbocycles. The molecule has 3 fully saturated rings. The van der Waals surface area contributed by atoms with Crippen molar-refractivity contribution in [2.24, 2.45) is 28.6 Å². The van der Waals surface area contributed by atoms with Crippen LogP contribution in [0.1, 0.15) is 72.1 Å². The van der Waals surface area contributed by atoms with Crippen LogP contribution in [0.2, 0.25) is 0 Å². The maximum atomic E-state index is 13.1. The number of hydrogen-bond acceptors (Lipinski definition) is 3. The van der Waals surface area contributed by atoms with E-state index in [-0.39, 0.29) is 28.8 Å². The third-order valence-electron chi connectivity index (χ3n) is 8.08. The second-order valence-corrected chi connectivity index (χ2v) is 9.16. The molecule has 132 valence electrons. The number of allylic oxidation sites excluding steroid dienone is 2. The van der Waals surface area contributed by atoms with Crippen LogP contribution in [0, 0.1) is 28.6 Å². The fourth-order valence-electron chi connectivity index (χ4n) is 6.78. The van der Waals surface area contributed by atoms with Crippen LogP contribution in [0.3, 0.4) is 0 Å². The van der Waals surface area contributed by atoms with Gasteiger partial charge in [-0.1, -0.05) is 25.8 Å². The molecular formula is C21H30O3. The van der Waals surface area contributed by atoms with Crippen molar-refractivity contribution in [1.29, 1.82) is 0 Å². The average Bonchev–Trinajstić information content (AvgIpc) is 2.84. The number of hydrogen-bond donors (Lipinski definition) is 0. The second kappa shape index (κ2) is 5.44. The van der Waals surface area contributed by atoms with Gasteiger partial charge in [0.15, 0.2) is 5.78 Å². The summed E-state index contributed by atoms with van der Waals surface area (Å²) in [7, 11) is 0. The normalized spacial score (nSPS) is 47.3. The van der Waals surface area contributed by atoms with Gasteiger partial charge in [-0.05, 0) is 68.3 Å². The summed E-state index contributed by atoms with van der Waals surface area (Å²) in [6, 6.07) is 0. The number of ketones is 1. The Morgan fingerprint density at radius 2 is 1.92 bits per heavy atom. The van der Waals surface area contributed by atoms with E-state index >= 15 is 0 Å². The Kier molecular flexibility index (Phi) is 3.71. The fourth-order valence-corrected chi connectivity index (χ4v) is 6.78. The van der Waals surface area contributed by atoms with Gasteiger partial charge in [0.1, 0.15) is 6.10 Å². The highest BCUT2D eigenvalue weighted by atomic mass is 16.5. The number of ether oxygens (including phenoxy) is 1. The van der Waals surface area contributed by atoms with Gasteiger partial charge >= 0.3 is 5.97 Å². The maximum Gasteiger partial charge on any atom is 0.302 e. The van der Waals surface area contributed by atoms with Gasteiger partial charge in [0.2, 0.25) is 0 Å². The summed E-state index contributed by atoms with van der Waals surface area (Å²) in [6.07, 6.45) is 11.1. The molecular weight excluding hydrogens is 300 g/mol. The first-order chi connectivity index (χ1) is 11.4. The van der Waals surface area contributed by atoms with Crippen molar-refractivity contribution < 1.29 is 14.3 Å². The standard InChI is InChI=1S/C21H30O3/c1-13(22)24-18-8-7-15-19-16(9-11-21(15,18)3)20(2)10-5-4-6-14(20)12-17(19)23/h12,15-16,18-19H,4-11H2,1-3H3. The van der Waals surface area contributed by atoms with Crippen LogP contribution in [0.25, 0.3) is 0 Å². The molecule has 3 nitrogen and oxygen atoms in total. The van der Waals surface area contributed by atoms with E-state index in [1.165, 1.54) is 31.8 Å². The average molecular weight is 330 g/mol. The molecule has 0 aromatic heterocycles. The molecule has 0 radical (unpaired) electrons. The molecule has 4 aliphatic rings. The van der Waals surface area contributed by atoms with Crippen LogP contribution >= 0.6 is 0 Å². The third kappa shape index (κ3) is 2.16. The zero-order chi connectivity index (χ0) is 17.1. The predicted octanol–water partition coefficient (Wildman–Crippen LogP) is 4.45. The minimum absolute atomic E-state index is 0.00158. The first-order valence-corrected chi connectivity index (χ1v) is 9.78. The zero-order valence-electron chi connectivity index (χ0n) is 15.3. The molecule has 0 aromatic carbocycles. The molecule has 0 heterocycles. The van der Waals surface area contributed by atoms with Crippen LogP contribution in [0.15, 0.2) is 11.6 Å². The van der Waals surface area contributed by atoms with E-state index in [1.807, 2.05) is 6.08 Å². The minimum atomic E-state index is -0.180. The summed E-state index contributed by atoms with van der Waals surface area (Å²) in [5.41, 5.74) is 1.65. The number of rotatable bonds is 1. The van der Waals surface area contributed by atoms with Crippen LogP contribution in [0.4, 0.5) is 0 Å². The summed E-state index contributed by atoms with van der Waals surface area (Å²) in [4.78, 5) is 24.6. The van der Waals surface area contributed by atoms with E-state index in [4.69, 9.17) is 4.74 Å². The molecule has 24 heavy (non-hydrogen) atoms. The fraction of sp³-hybridized carbons (Fsp3) is 0.810. The molecule has 4 aliphatic carbocycles. The molecule has 3 heteroatoms. The highest BCUT2D eigenvalue weighted by Crippen LogP contribution is 2.64. The Morgan fingerprint density at radius 1 is 1.12 bits per heavy atom. The lowest BCUT2D eigenvalue weighted by atomic mass is 9.48. The van der Waals surface area contributed by atoms with Gasteiger partial charge < -0.3 is 4.74 Å². The van der Waals surface area contributed by atoms with Crippen molar-refractivity contribution in [3.05, 3.63) is 11.6 Å². The molecule has 0 aromatic rings. The lowest BCUT2D eigenvalue weighted by molar-refractivity contribution is -0.158. The molecule has 6 unspecified atom stereocenters. The zero-order valence-corrected chi connectivity index (χ0v) is 15.3. The lowest BCUT2D eigenvalue weighted by Crippen LogP contribution is -2.53. The van der Waals surface area contributed by atoms with Gasteiger partial charge in [-0.15, -0.1) is 0 Å². The first kappa shape index (κ1) is 16.4. The Bertz CT molecular complexity index is 606. The summed E-state index contributed by atoms with van der Waals surface area (Å²) in [5, 5.41) is 0. The molecule has 0 N–H and O–H groups in total. The van der Waals surface area contributed by atoms with Crippen molar-refractivity contribution in [1.82, 2.24) is 0 Å². The van der Waals surface area contributed by atoms with Crippen LogP contribution in [0.5, 0.6) is 0 Å². The van der Waals surface area contributed by atoms with Crippen molar-refractivity contribution in [2.75, 3.05) is 0 Å². The molecule has 6 atom stereocenters. The SMILES string of the molecule is CC(=O)OC1CCC2C3C(=O)C=C4CCCCC4(C)C3CCC12C. The molecule has 0 aliphatic heterocycles. The Morgan fingerprint density at radius 3 is 2.67 bits per heavy atom. The minimum Gasteiger partial charge on any atom is -0.462 e. The Labute approximate surface area is 145 Å². The van der Waals surface area contributed by atoms with Crippen molar-refractivity contribution in [3.63, 3.8) is 0 Å². The van der Waals surface area contributed by atoms with Crippen molar-refractivity contribution in [3.8, 4) is 0 Å². The van der Waals surface area contributed by atoms with E-state index in [0.29, 0.717) is 17.6 Å². The van der Waals surface area contributed by atoms with E-state index in [9.17, 15) is 9.59 Å². The van der Waals surface area contributed by atoms with E-state index in [0.717, 1.165) is 32.1 Å². The monoisotopic (exact) mass is 330 g/mol. The molecule has 0 amide bonds. The second-order valence-electron chi connectivity index (χ2n) is 9.16. The maximum absolute atomic E-state index is 13.1. The first-order valence-electron chi connectivity index (χ1n) is 9.78. The Balaban J connectivity index is 1.69. The van der Waals surface area contributed by atoms with Gasteiger partial charge in [0, 0.05) is 18.3 Å². The summed E-state index contributed by atoms with van der Waals surface area (Å²) >= 11 is 0. The number of fused-ring (bicyclic) bond motifs is 5. The number of esters is 1. The molecule has 4 rings (SSSR count). The van der Waals surface area contributed by atoms with Crippen molar-refractivity contribution in [2.45, 2.75) is 78.2 Å². The Hall–Kier alpha value is -1.12. The summed E-state index contributed by atoms with van der Waals surface area (Å²) in [6.45, 7) is 6.19. The molecule has 0 spiro atoms. The van der Waals surface area contributed by atoms with E-state index < -0.39 is 0 Å². The molecule has 0 saturated heterocycles. The topological polar surface area (TPSA) is 43.4 Å². The van der Waals surface area contributed by atoms with Crippen LogP contribution in [-0.4, -0.2) is 17.9 Å². The van der Waals surface area contributed by atoms with Gasteiger partial charge in [-0.2, -0.15) is 0 Å². The van der Waals surface area contributed by atoms with Gasteiger partial charge in [-0.3, -0.25) is 9.59 Å². The van der Waals surface area contributed by atoms with E-state index in [1.54, 1.807) is 0 Å². The lowest BCUT2D eigenvalue weighted by Gasteiger charge is -2.56. The number of carbonyl (C=O) groups is 2. The smallest absolute Gasteiger partial charge is 0.302 e. The summed E-state index contributed by atoms with van der Waals surface area (Å²) < 4.78 is 5.66. The highest BCUT2D eigenvalue weighted by molar-refractivity contribution is 5.94. The van der Waals surface area contributed by atoms with Gasteiger partial charge in [-0.25, -0.2) is 0 Å². The van der Waals surface area contributed by atoms with Gasteiger partial charge in [0.25, 0.3) is 0 Å².